The van der Waals surface area contributed by atoms with Crippen molar-refractivity contribution in [2.24, 2.45) is 5.92 Å². The number of nitrogen functional groups attached to an aromatic ring is 1. The van der Waals surface area contributed by atoms with E-state index in [0.717, 1.165) is 22.3 Å². The Labute approximate surface area is 118 Å². The van der Waals surface area contributed by atoms with Crippen LogP contribution in [0.15, 0.2) is 23.1 Å². The second-order valence-electron chi connectivity index (χ2n) is 4.93. The molecule has 1 aliphatic carbocycles. The van der Waals surface area contributed by atoms with Crippen molar-refractivity contribution in [2.75, 3.05) is 18.1 Å². The van der Waals surface area contributed by atoms with Crippen LogP contribution in [0, 0.1) is 5.92 Å². The smallest absolute Gasteiger partial charge is 0.338 e. The first-order valence-corrected chi connectivity index (χ1v) is 7.88. The van der Waals surface area contributed by atoms with Crippen molar-refractivity contribution in [1.82, 2.24) is 0 Å². The molecule has 1 aromatic carbocycles. The lowest BCUT2D eigenvalue weighted by Crippen LogP contribution is -2.05. The summed E-state index contributed by atoms with van der Waals surface area (Å²) >= 11 is 1.76. The molecular weight excluding hydrogens is 258 g/mol. The molecule has 3 nitrogen and oxygen atoms in total. The molecule has 0 aliphatic heterocycles. The third-order valence-corrected chi connectivity index (χ3v) is 4.78. The maximum absolute atomic E-state index is 11.7. The van der Waals surface area contributed by atoms with Gasteiger partial charge in [-0.2, -0.15) is 0 Å². The molecule has 0 atom stereocenters. The molecule has 19 heavy (non-hydrogen) atoms. The van der Waals surface area contributed by atoms with E-state index in [1.54, 1.807) is 23.9 Å². The van der Waals surface area contributed by atoms with E-state index in [4.69, 9.17) is 10.5 Å². The monoisotopic (exact) mass is 279 g/mol. The summed E-state index contributed by atoms with van der Waals surface area (Å²) in [5.74, 6) is 1.62. The Hall–Kier alpha value is -1.16. The predicted molar refractivity (Wildman–Crippen MR) is 79.5 cm³/mol. The van der Waals surface area contributed by atoms with Crippen molar-refractivity contribution >= 4 is 23.4 Å². The van der Waals surface area contributed by atoms with Crippen LogP contribution in [0.1, 0.15) is 43.0 Å². The second kappa shape index (κ2) is 6.85. The van der Waals surface area contributed by atoms with Crippen molar-refractivity contribution in [3.63, 3.8) is 0 Å². The Balaban J connectivity index is 2.01. The fourth-order valence-electron chi connectivity index (χ4n) is 2.39. The number of carbonyl (C=O) groups is 1. The van der Waals surface area contributed by atoms with Gasteiger partial charge in [-0.05, 0) is 43.9 Å². The zero-order chi connectivity index (χ0) is 13.7. The van der Waals surface area contributed by atoms with Crippen LogP contribution < -0.4 is 5.73 Å². The molecule has 0 amide bonds. The van der Waals surface area contributed by atoms with Crippen molar-refractivity contribution in [3.8, 4) is 0 Å². The molecule has 0 saturated heterocycles. The standard InChI is InChI=1S/C15H21NO2S/c1-2-18-15(17)12-7-8-13(16)14(9-12)19-10-11-5-3-4-6-11/h7-9,11H,2-6,10,16H2,1H3. The van der Waals surface area contributed by atoms with Gasteiger partial charge in [0.15, 0.2) is 0 Å². The summed E-state index contributed by atoms with van der Waals surface area (Å²) in [6.45, 7) is 2.21. The third kappa shape index (κ3) is 3.90. The van der Waals surface area contributed by atoms with Gasteiger partial charge < -0.3 is 10.5 Å². The van der Waals surface area contributed by atoms with E-state index in [9.17, 15) is 4.79 Å². The van der Waals surface area contributed by atoms with Crippen LogP contribution >= 0.6 is 11.8 Å². The van der Waals surface area contributed by atoms with Gasteiger partial charge in [-0.25, -0.2) is 4.79 Å². The van der Waals surface area contributed by atoms with Crippen LogP contribution in [-0.2, 0) is 4.74 Å². The fraction of sp³-hybridized carbons (Fsp3) is 0.533. The largest absolute Gasteiger partial charge is 0.462 e. The number of hydrogen-bond acceptors (Lipinski definition) is 4. The van der Waals surface area contributed by atoms with E-state index < -0.39 is 0 Å². The average Bonchev–Trinajstić information content (AvgIpc) is 2.91. The SMILES string of the molecule is CCOC(=O)c1ccc(N)c(SCC2CCCC2)c1. The van der Waals surface area contributed by atoms with E-state index in [0.29, 0.717) is 12.2 Å². The molecule has 1 aliphatic rings. The number of nitrogens with two attached hydrogens (primary N) is 1. The lowest BCUT2D eigenvalue weighted by molar-refractivity contribution is 0.0526. The molecule has 0 aromatic heterocycles. The second-order valence-corrected chi connectivity index (χ2v) is 6.00. The van der Waals surface area contributed by atoms with Crippen molar-refractivity contribution in [2.45, 2.75) is 37.5 Å². The molecule has 1 saturated carbocycles. The van der Waals surface area contributed by atoms with E-state index in [-0.39, 0.29) is 5.97 Å². The highest BCUT2D eigenvalue weighted by atomic mass is 32.2. The van der Waals surface area contributed by atoms with Gasteiger partial charge in [0.2, 0.25) is 0 Å². The summed E-state index contributed by atoms with van der Waals surface area (Å²) in [7, 11) is 0. The van der Waals surface area contributed by atoms with Gasteiger partial charge in [-0.15, -0.1) is 11.8 Å². The molecule has 0 heterocycles. The van der Waals surface area contributed by atoms with Crippen LogP contribution in [0.25, 0.3) is 0 Å². The Bertz CT molecular complexity index is 442. The minimum absolute atomic E-state index is 0.273. The normalized spacial score (nSPS) is 15.6. The van der Waals surface area contributed by atoms with E-state index >= 15 is 0 Å². The first-order chi connectivity index (χ1) is 9.20. The average molecular weight is 279 g/mol. The van der Waals surface area contributed by atoms with Crippen LogP contribution in [0.5, 0.6) is 0 Å². The first-order valence-electron chi connectivity index (χ1n) is 6.90. The molecule has 2 N–H and O–H groups in total. The highest BCUT2D eigenvalue weighted by molar-refractivity contribution is 7.99. The summed E-state index contributed by atoms with van der Waals surface area (Å²) < 4.78 is 5.01. The van der Waals surface area contributed by atoms with E-state index in [1.165, 1.54) is 25.7 Å². The van der Waals surface area contributed by atoms with Gasteiger partial charge >= 0.3 is 5.97 Å². The number of thioether (sulfide) groups is 1. The van der Waals surface area contributed by atoms with Crippen molar-refractivity contribution in [3.05, 3.63) is 23.8 Å². The predicted octanol–water partition coefficient (Wildman–Crippen LogP) is 3.73. The minimum Gasteiger partial charge on any atom is -0.462 e. The maximum atomic E-state index is 11.7. The molecule has 1 fully saturated rings. The fourth-order valence-corrected chi connectivity index (χ4v) is 3.58. The molecular formula is C15H21NO2S. The summed E-state index contributed by atoms with van der Waals surface area (Å²) in [6, 6.07) is 5.38. The molecule has 0 spiro atoms. The molecule has 0 unspecified atom stereocenters. The van der Waals surface area contributed by atoms with Crippen LogP contribution in [0.3, 0.4) is 0 Å². The highest BCUT2D eigenvalue weighted by Gasteiger charge is 2.16. The molecule has 2 rings (SSSR count). The molecule has 1 aromatic rings. The summed E-state index contributed by atoms with van der Waals surface area (Å²) in [6.07, 6.45) is 5.35. The zero-order valence-corrected chi connectivity index (χ0v) is 12.2. The Morgan fingerprint density at radius 1 is 1.42 bits per heavy atom. The molecule has 4 heteroatoms. The quantitative estimate of drug-likeness (QED) is 0.507. The maximum Gasteiger partial charge on any atom is 0.338 e. The highest BCUT2D eigenvalue weighted by Crippen LogP contribution is 2.33. The minimum atomic E-state index is -0.273. The molecule has 0 radical (unpaired) electrons. The number of benzene rings is 1. The van der Waals surface area contributed by atoms with Gasteiger partial charge in [0.05, 0.1) is 12.2 Å². The summed E-state index contributed by atoms with van der Waals surface area (Å²) in [5, 5.41) is 0. The Kier molecular flexibility index (Phi) is 5.14. The molecule has 0 bridgehead atoms. The number of anilines is 1. The number of esters is 1. The van der Waals surface area contributed by atoms with Gasteiger partial charge in [-0.3, -0.25) is 0 Å². The van der Waals surface area contributed by atoms with E-state index in [1.807, 2.05) is 13.0 Å². The molecule has 104 valence electrons. The van der Waals surface area contributed by atoms with Gasteiger partial charge in [-0.1, -0.05) is 12.8 Å². The van der Waals surface area contributed by atoms with Crippen LogP contribution in [0.2, 0.25) is 0 Å². The number of hydrogen-bond donors (Lipinski definition) is 1. The Morgan fingerprint density at radius 2 is 2.16 bits per heavy atom. The summed E-state index contributed by atoms with van der Waals surface area (Å²) in [5.41, 5.74) is 7.31. The first kappa shape index (κ1) is 14.3. The van der Waals surface area contributed by atoms with Gasteiger partial charge in [0, 0.05) is 16.3 Å². The zero-order valence-electron chi connectivity index (χ0n) is 11.4. The van der Waals surface area contributed by atoms with Crippen LogP contribution in [-0.4, -0.2) is 18.3 Å². The number of ether oxygens (including phenoxy) is 1. The van der Waals surface area contributed by atoms with Gasteiger partial charge in [0.25, 0.3) is 0 Å². The lowest BCUT2D eigenvalue weighted by Gasteiger charge is -2.11. The number of carbonyl (C=O) groups excluding carboxylic acids is 1. The van der Waals surface area contributed by atoms with Gasteiger partial charge in [0.1, 0.15) is 0 Å². The summed E-state index contributed by atoms with van der Waals surface area (Å²) in [4.78, 5) is 12.7. The lowest BCUT2D eigenvalue weighted by atomic mass is 10.1. The van der Waals surface area contributed by atoms with E-state index in [2.05, 4.69) is 0 Å². The number of rotatable bonds is 5. The Morgan fingerprint density at radius 3 is 2.84 bits per heavy atom. The van der Waals surface area contributed by atoms with Crippen molar-refractivity contribution in [1.29, 1.82) is 0 Å². The third-order valence-electron chi connectivity index (χ3n) is 3.47. The van der Waals surface area contributed by atoms with Crippen molar-refractivity contribution < 1.29 is 9.53 Å². The van der Waals surface area contributed by atoms with Crippen LogP contribution in [0.4, 0.5) is 5.69 Å². The topological polar surface area (TPSA) is 52.3 Å².